The Morgan fingerprint density at radius 2 is 1.68 bits per heavy atom. The lowest BCUT2D eigenvalue weighted by atomic mass is 9.98. The summed E-state index contributed by atoms with van der Waals surface area (Å²) < 4.78 is 5.69. The first-order chi connectivity index (χ1) is 9.24. The molecule has 0 amide bonds. The fraction of sp³-hybridized carbons (Fsp3) is 0.250. The van der Waals surface area contributed by atoms with Crippen LogP contribution < -0.4 is 0 Å². The van der Waals surface area contributed by atoms with Crippen molar-refractivity contribution in [2.45, 2.75) is 19.1 Å². The molecule has 2 unspecified atom stereocenters. The van der Waals surface area contributed by atoms with E-state index in [0.29, 0.717) is 17.2 Å². The van der Waals surface area contributed by atoms with E-state index in [-0.39, 0.29) is 0 Å². The van der Waals surface area contributed by atoms with Gasteiger partial charge in [-0.05, 0) is 18.6 Å². The summed E-state index contributed by atoms with van der Waals surface area (Å²) in [6.07, 6.45) is -1.19. The van der Waals surface area contributed by atoms with Crippen molar-refractivity contribution in [2.24, 2.45) is 0 Å². The number of halogens is 1. The third-order valence-corrected chi connectivity index (χ3v) is 3.33. The van der Waals surface area contributed by atoms with Crippen molar-refractivity contribution in [3.63, 3.8) is 0 Å². The minimum Gasteiger partial charge on any atom is -0.385 e. The highest BCUT2D eigenvalue weighted by atomic mass is 35.5. The lowest BCUT2D eigenvalue weighted by molar-refractivity contribution is -0.0361. The van der Waals surface area contributed by atoms with Gasteiger partial charge in [-0.2, -0.15) is 0 Å². The van der Waals surface area contributed by atoms with Crippen LogP contribution in [0.5, 0.6) is 0 Å². The zero-order valence-electron chi connectivity index (χ0n) is 10.8. The molecular formula is C16H17ClO2. The molecular weight excluding hydrogens is 260 g/mol. The number of aliphatic hydroxyl groups excluding tert-OH is 1. The number of aliphatic hydroxyl groups is 1. The van der Waals surface area contributed by atoms with Crippen LogP contribution >= 0.6 is 11.6 Å². The van der Waals surface area contributed by atoms with Gasteiger partial charge in [0.2, 0.25) is 0 Å². The number of ether oxygens (including phenoxy) is 1. The van der Waals surface area contributed by atoms with E-state index in [1.807, 2.05) is 55.5 Å². The van der Waals surface area contributed by atoms with Crippen LogP contribution in [0.15, 0.2) is 54.6 Å². The van der Waals surface area contributed by atoms with Gasteiger partial charge in [0.15, 0.2) is 0 Å². The first-order valence-corrected chi connectivity index (χ1v) is 6.71. The van der Waals surface area contributed by atoms with Crippen molar-refractivity contribution in [1.29, 1.82) is 0 Å². The Labute approximate surface area is 118 Å². The van der Waals surface area contributed by atoms with Crippen molar-refractivity contribution in [3.8, 4) is 0 Å². The molecule has 0 aromatic heterocycles. The second kappa shape index (κ2) is 6.71. The van der Waals surface area contributed by atoms with E-state index in [1.165, 1.54) is 0 Å². The molecule has 2 atom stereocenters. The normalized spacial score (nSPS) is 14.1. The lowest BCUT2D eigenvalue weighted by Crippen LogP contribution is -2.15. The van der Waals surface area contributed by atoms with Gasteiger partial charge in [-0.3, -0.25) is 0 Å². The second-order valence-corrected chi connectivity index (χ2v) is 4.66. The minimum absolute atomic E-state index is 0.411. The summed E-state index contributed by atoms with van der Waals surface area (Å²) in [7, 11) is 0. The quantitative estimate of drug-likeness (QED) is 0.889. The van der Waals surface area contributed by atoms with E-state index in [4.69, 9.17) is 16.3 Å². The van der Waals surface area contributed by atoms with Crippen LogP contribution in [0.25, 0.3) is 0 Å². The topological polar surface area (TPSA) is 29.5 Å². The van der Waals surface area contributed by atoms with Gasteiger partial charge < -0.3 is 9.84 Å². The molecule has 2 rings (SSSR count). The zero-order chi connectivity index (χ0) is 13.7. The highest BCUT2D eigenvalue weighted by Crippen LogP contribution is 2.35. The molecule has 0 saturated heterocycles. The largest absolute Gasteiger partial charge is 0.385 e. The SMILES string of the molecule is CCOC(c1ccccc1)C(O)c1ccccc1Cl. The maximum Gasteiger partial charge on any atom is 0.113 e. The van der Waals surface area contributed by atoms with Gasteiger partial charge >= 0.3 is 0 Å². The summed E-state index contributed by atoms with van der Waals surface area (Å²) in [5, 5.41) is 11.1. The molecule has 0 aliphatic carbocycles. The minimum atomic E-state index is -0.781. The molecule has 1 N–H and O–H groups in total. The average molecular weight is 277 g/mol. The lowest BCUT2D eigenvalue weighted by Gasteiger charge is -2.24. The molecule has 0 heterocycles. The first-order valence-electron chi connectivity index (χ1n) is 6.33. The molecule has 0 aliphatic heterocycles. The van der Waals surface area contributed by atoms with Crippen LogP contribution in [0.3, 0.4) is 0 Å². The molecule has 0 fully saturated rings. The van der Waals surface area contributed by atoms with Gasteiger partial charge in [0.05, 0.1) is 0 Å². The number of hydrogen-bond acceptors (Lipinski definition) is 2. The Bertz CT molecular complexity index is 513. The van der Waals surface area contributed by atoms with E-state index in [0.717, 1.165) is 5.56 Å². The summed E-state index contributed by atoms with van der Waals surface area (Å²) in [6.45, 7) is 2.44. The molecule has 0 radical (unpaired) electrons. The van der Waals surface area contributed by atoms with Gasteiger partial charge in [-0.1, -0.05) is 60.1 Å². The van der Waals surface area contributed by atoms with Gasteiger partial charge in [0, 0.05) is 17.2 Å². The van der Waals surface area contributed by atoms with Crippen molar-refractivity contribution >= 4 is 11.6 Å². The van der Waals surface area contributed by atoms with E-state index < -0.39 is 12.2 Å². The number of rotatable bonds is 5. The second-order valence-electron chi connectivity index (χ2n) is 4.25. The summed E-state index contributed by atoms with van der Waals surface area (Å²) in [5.41, 5.74) is 1.63. The van der Waals surface area contributed by atoms with E-state index in [2.05, 4.69) is 0 Å². The number of benzene rings is 2. The predicted octanol–water partition coefficient (Wildman–Crippen LogP) is 4.15. The highest BCUT2D eigenvalue weighted by molar-refractivity contribution is 6.31. The summed E-state index contributed by atoms with van der Waals surface area (Å²) in [6, 6.07) is 17.0. The Morgan fingerprint density at radius 3 is 2.32 bits per heavy atom. The van der Waals surface area contributed by atoms with Crippen molar-refractivity contribution in [2.75, 3.05) is 6.61 Å². The van der Waals surface area contributed by atoms with Gasteiger partial charge in [0.25, 0.3) is 0 Å². The maximum absolute atomic E-state index is 10.5. The molecule has 2 aromatic carbocycles. The van der Waals surface area contributed by atoms with Gasteiger partial charge in [-0.25, -0.2) is 0 Å². The molecule has 3 heteroatoms. The third kappa shape index (κ3) is 3.35. The number of hydrogen-bond donors (Lipinski definition) is 1. The molecule has 100 valence electrons. The molecule has 2 aromatic rings. The Morgan fingerprint density at radius 1 is 1.05 bits per heavy atom. The Balaban J connectivity index is 2.32. The summed E-state index contributed by atoms with van der Waals surface area (Å²) in [5.74, 6) is 0. The molecule has 19 heavy (non-hydrogen) atoms. The predicted molar refractivity (Wildman–Crippen MR) is 77.2 cm³/mol. The van der Waals surface area contributed by atoms with Crippen LogP contribution in [-0.4, -0.2) is 11.7 Å². The third-order valence-electron chi connectivity index (χ3n) is 2.98. The fourth-order valence-corrected chi connectivity index (χ4v) is 2.32. The van der Waals surface area contributed by atoms with E-state index in [1.54, 1.807) is 6.07 Å². The van der Waals surface area contributed by atoms with E-state index >= 15 is 0 Å². The van der Waals surface area contributed by atoms with E-state index in [9.17, 15) is 5.11 Å². The summed E-state index contributed by atoms with van der Waals surface area (Å²) >= 11 is 6.14. The molecule has 0 spiro atoms. The Kier molecular flexibility index (Phi) is 4.97. The molecule has 2 nitrogen and oxygen atoms in total. The zero-order valence-corrected chi connectivity index (χ0v) is 11.5. The molecule has 0 aliphatic rings. The van der Waals surface area contributed by atoms with Crippen molar-refractivity contribution in [3.05, 3.63) is 70.7 Å². The monoisotopic (exact) mass is 276 g/mol. The van der Waals surface area contributed by atoms with Crippen LogP contribution in [0, 0.1) is 0 Å². The fourth-order valence-electron chi connectivity index (χ4n) is 2.07. The molecule has 0 saturated carbocycles. The van der Waals surface area contributed by atoms with Crippen LogP contribution in [0.2, 0.25) is 5.02 Å². The van der Waals surface area contributed by atoms with Gasteiger partial charge in [0.1, 0.15) is 12.2 Å². The van der Waals surface area contributed by atoms with Gasteiger partial charge in [-0.15, -0.1) is 0 Å². The molecule has 0 bridgehead atoms. The highest BCUT2D eigenvalue weighted by Gasteiger charge is 2.24. The van der Waals surface area contributed by atoms with Crippen molar-refractivity contribution < 1.29 is 9.84 Å². The average Bonchev–Trinajstić information content (AvgIpc) is 2.45. The summed E-state index contributed by atoms with van der Waals surface area (Å²) in [4.78, 5) is 0. The Hall–Kier alpha value is -1.35. The van der Waals surface area contributed by atoms with Crippen LogP contribution in [-0.2, 0) is 4.74 Å². The first kappa shape index (κ1) is 14.1. The van der Waals surface area contributed by atoms with Crippen molar-refractivity contribution in [1.82, 2.24) is 0 Å². The van der Waals surface area contributed by atoms with Crippen LogP contribution in [0.1, 0.15) is 30.3 Å². The van der Waals surface area contributed by atoms with Crippen LogP contribution in [0.4, 0.5) is 0 Å². The maximum atomic E-state index is 10.5. The smallest absolute Gasteiger partial charge is 0.113 e. The standard InChI is InChI=1S/C16H17ClO2/c1-2-19-16(12-8-4-3-5-9-12)15(18)13-10-6-7-11-14(13)17/h3-11,15-16,18H,2H2,1H3.